The predicted molar refractivity (Wildman–Crippen MR) is 213 cm³/mol. The third-order valence-electron chi connectivity index (χ3n) is 9.88. The molecule has 0 spiro atoms. The summed E-state index contributed by atoms with van der Waals surface area (Å²) in [5, 5.41) is 5.10. The predicted octanol–water partition coefficient (Wildman–Crippen LogP) is 7.72. The van der Waals surface area contributed by atoms with Crippen LogP contribution in [-0.2, 0) is 24.2 Å². The number of hydrogen-bond donors (Lipinski definition) is 0. The number of furan rings is 2. The molecule has 0 radical (unpaired) electrons. The van der Waals surface area contributed by atoms with E-state index in [0.717, 1.165) is 34.2 Å². The van der Waals surface area contributed by atoms with Gasteiger partial charge in [-0.3, -0.25) is 0 Å². The fourth-order valence-corrected chi connectivity index (χ4v) is 7.67. The van der Waals surface area contributed by atoms with Crippen LogP contribution in [0.3, 0.4) is 0 Å². The van der Waals surface area contributed by atoms with Crippen LogP contribution in [0.15, 0.2) is 130 Å². The number of hydrogen-bond acceptors (Lipinski definition) is 2. The van der Waals surface area contributed by atoms with Crippen LogP contribution in [0.1, 0.15) is 53.0 Å². The van der Waals surface area contributed by atoms with E-state index in [1.165, 1.54) is 85.3 Å². The molecule has 0 bridgehead atoms. The first-order valence-electron chi connectivity index (χ1n) is 17.9. The van der Waals surface area contributed by atoms with Crippen molar-refractivity contribution in [1.29, 1.82) is 0 Å². The van der Waals surface area contributed by atoms with Gasteiger partial charge >= 0.3 is 46.7 Å². The van der Waals surface area contributed by atoms with Gasteiger partial charge in [-0.2, -0.15) is 0 Å². The number of fused-ring (bicyclic) bond motifs is 2. The summed E-state index contributed by atoms with van der Waals surface area (Å²) in [6.07, 6.45) is 4.36. The molecule has 2 aromatic heterocycles. The number of halogens is 2. The summed E-state index contributed by atoms with van der Waals surface area (Å²) >= 11 is 1.67. The zero-order valence-corrected chi connectivity index (χ0v) is 35.2. The van der Waals surface area contributed by atoms with Crippen molar-refractivity contribution >= 4 is 24.8 Å². The maximum absolute atomic E-state index is 5.79. The normalized spacial score (nSPS) is 11.9. The van der Waals surface area contributed by atoms with Crippen LogP contribution in [0.2, 0.25) is 0 Å². The van der Waals surface area contributed by atoms with Crippen LogP contribution in [0, 0.1) is 41.5 Å². The third kappa shape index (κ3) is 9.04. The van der Waals surface area contributed by atoms with E-state index in [4.69, 9.17) is 8.83 Å². The molecule has 0 unspecified atom stereocenters. The molecule has 9 rings (SSSR count). The monoisotopic (exact) mass is 812 g/mol. The fourth-order valence-electron chi connectivity index (χ4n) is 6.81. The van der Waals surface area contributed by atoms with Gasteiger partial charge in [-0.15, -0.1) is 57.9 Å². The molecule has 0 atom stereocenters. The summed E-state index contributed by atoms with van der Waals surface area (Å²) in [4.78, 5) is 0. The summed E-state index contributed by atoms with van der Waals surface area (Å²) in [6.45, 7) is 12.6. The first-order chi connectivity index (χ1) is 24.6. The summed E-state index contributed by atoms with van der Waals surface area (Å²) in [6, 6.07) is 43.4. The maximum atomic E-state index is 5.79. The van der Waals surface area contributed by atoms with Gasteiger partial charge in [-0.1, -0.05) is 94.0 Å². The van der Waals surface area contributed by atoms with E-state index in [-0.39, 0.29) is 24.8 Å². The molecule has 0 N–H and O–H groups in total. The van der Waals surface area contributed by atoms with Gasteiger partial charge in [0.25, 0.3) is 0 Å². The zero-order valence-electron chi connectivity index (χ0n) is 31.2. The fraction of sp³-hybridized carbons (Fsp3) is 0.188. The second kappa shape index (κ2) is 17.4. The van der Waals surface area contributed by atoms with Gasteiger partial charge in [0.2, 0.25) is 0 Å². The molecule has 0 saturated heterocycles. The Bertz CT molecular complexity index is 2300. The molecule has 1 saturated carbocycles. The first-order valence-corrected chi connectivity index (χ1v) is 19.1. The minimum atomic E-state index is 0. The SMILES string of the molecule is Cc1ccc(-c2c(C)ccc3[cH-]c(-c4ccc(C)o4)cc23)cc1.Cc1ccc(-c2c(C)ccc3[cH-]c(-c4ccc(C)o4)cc23)cc1.[Cl-].[Cl-].[Zr+2]=[C]1CCC1. The summed E-state index contributed by atoms with van der Waals surface area (Å²) in [5.41, 5.74) is 12.6. The molecule has 0 amide bonds. The average Bonchev–Trinajstić information content (AvgIpc) is 3.92. The topological polar surface area (TPSA) is 26.3 Å². The molecule has 268 valence electrons. The number of benzene rings is 4. The van der Waals surface area contributed by atoms with Crippen LogP contribution >= 0.6 is 0 Å². The Morgan fingerprint density at radius 3 is 1.17 bits per heavy atom. The second-order valence-electron chi connectivity index (χ2n) is 14.0. The summed E-state index contributed by atoms with van der Waals surface area (Å²) in [5.74, 6) is 3.76. The van der Waals surface area contributed by atoms with Crippen molar-refractivity contribution in [3.05, 3.63) is 155 Å². The molecule has 1 aliphatic carbocycles. The van der Waals surface area contributed by atoms with Crippen molar-refractivity contribution in [2.24, 2.45) is 0 Å². The molecular weight excluding hydrogens is 771 g/mol. The van der Waals surface area contributed by atoms with Gasteiger partial charge < -0.3 is 33.6 Å². The van der Waals surface area contributed by atoms with Crippen LogP contribution in [0.25, 0.3) is 66.4 Å². The Labute approximate surface area is 341 Å². The van der Waals surface area contributed by atoms with Crippen molar-refractivity contribution in [3.63, 3.8) is 0 Å². The molecule has 6 aromatic carbocycles. The molecule has 8 aromatic rings. The second-order valence-corrected chi connectivity index (χ2v) is 15.8. The van der Waals surface area contributed by atoms with E-state index in [0.29, 0.717) is 0 Å². The molecule has 1 aliphatic rings. The minimum absolute atomic E-state index is 0. The van der Waals surface area contributed by atoms with Gasteiger partial charge in [0.15, 0.2) is 0 Å². The van der Waals surface area contributed by atoms with E-state index in [1.54, 1.807) is 27.4 Å². The van der Waals surface area contributed by atoms with Gasteiger partial charge in [0.05, 0.1) is 23.0 Å². The summed E-state index contributed by atoms with van der Waals surface area (Å²) in [7, 11) is 0. The van der Waals surface area contributed by atoms with Gasteiger partial charge in [0, 0.05) is 0 Å². The Morgan fingerprint density at radius 2 is 0.868 bits per heavy atom. The molecule has 0 aliphatic heterocycles. The Balaban J connectivity index is 0.000000175. The number of aryl methyl sites for hydroxylation is 6. The first kappa shape index (κ1) is 40.2. The average molecular weight is 815 g/mol. The van der Waals surface area contributed by atoms with E-state index < -0.39 is 0 Å². The van der Waals surface area contributed by atoms with Crippen molar-refractivity contribution in [2.45, 2.75) is 60.8 Å². The van der Waals surface area contributed by atoms with Gasteiger partial charge in [-0.25, -0.2) is 0 Å². The Morgan fingerprint density at radius 1 is 0.491 bits per heavy atom. The third-order valence-corrected chi connectivity index (χ3v) is 11.1. The molecule has 1 fully saturated rings. The molecule has 2 nitrogen and oxygen atoms in total. The standard InChI is InChI=1S/2C22H19O.C4H6.2ClH.Zr/c2*1-14-4-8-17(9-5-14)22-15(2)6-10-18-12-19(13-20(18)22)21-11-7-16(3)23-21;1-2-4-3-1;;;/h2*4-13H,1-3H3;1-3H2;2*1H;/q2*-1;;;;+2/p-2. The number of rotatable bonds is 4. The van der Waals surface area contributed by atoms with Crippen LogP contribution in [-0.4, -0.2) is 3.21 Å². The zero-order chi connectivity index (χ0) is 35.6. The van der Waals surface area contributed by atoms with E-state index >= 15 is 0 Å². The van der Waals surface area contributed by atoms with Crippen molar-refractivity contribution < 1.29 is 57.9 Å². The van der Waals surface area contributed by atoms with Crippen LogP contribution in [0.4, 0.5) is 0 Å². The molecule has 53 heavy (non-hydrogen) atoms. The van der Waals surface area contributed by atoms with Crippen molar-refractivity contribution in [3.8, 4) is 44.9 Å². The van der Waals surface area contributed by atoms with Gasteiger partial charge in [0.1, 0.15) is 0 Å². The van der Waals surface area contributed by atoms with Crippen LogP contribution in [0.5, 0.6) is 0 Å². The molecule has 5 heteroatoms. The van der Waals surface area contributed by atoms with E-state index in [1.807, 2.05) is 38.1 Å². The quantitative estimate of drug-likeness (QED) is 0.170. The Kier molecular flexibility index (Phi) is 13.2. The van der Waals surface area contributed by atoms with Gasteiger partial charge in [-0.05, 0) is 88.1 Å². The molecular formula is C48H44Cl2O2Zr-2. The summed E-state index contributed by atoms with van der Waals surface area (Å²) < 4.78 is 13.4. The molecule has 2 heterocycles. The van der Waals surface area contributed by atoms with Crippen molar-refractivity contribution in [2.75, 3.05) is 0 Å². The van der Waals surface area contributed by atoms with Crippen molar-refractivity contribution in [1.82, 2.24) is 0 Å². The van der Waals surface area contributed by atoms with E-state index in [2.05, 4.69) is 125 Å². The Hall–Kier alpha value is -4.01. The van der Waals surface area contributed by atoms with Crippen LogP contribution < -0.4 is 24.8 Å². The van der Waals surface area contributed by atoms with E-state index in [9.17, 15) is 0 Å².